The molecule has 0 radical (unpaired) electrons. The van der Waals surface area contributed by atoms with Gasteiger partial charge in [0.15, 0.2) is 17.5 Å². The number of halogens is 2. The molecular formula is C19H16F2N4O. The molecule has 1 aromatic heterocycles. The van der Waals surface area contributed by atoms with Gasteiger partial charge in [0.2, 0.25) is 0 Å². The van der Waals surface area contributed by atoms with E-state index in [1.165, 1.54) is 11.6 Å². The maximum atomic E-state index is 13.2. The average molecular weight is 354 g/mol. The molecule has 5 nitrogen and oxygen atoms in total. The zero-order valence-electron chi connectivity index (χ0n) is 14.0. The summed E-state index contributed by atoms with van der Waals surface area (Å²) in [5, 5.41) is 13.5. The number of hydrogen-bond acceptors (Lipinski definition) is 4. The first-order chi connectivity index (χ1) is 12.5. The Labute approximate surface area is 149 Å². The summed E-state index contributed by atoms with van der Waals surface area (Å²) in [5.74, 6) is -1.93. The second kappa shape index (κ2) is 7.69. The van der Waals surface area contributed by atoms with E-state index >= 15 is 0 Å². The SMILES string of the molecule is Cc1ccccc1CNc1ccc(NC(=O)c2ccc(F)c(F)c2)nn1. The van der Waals surface area contributed by atoms with E-state index in [0.717, 1.165) is 17.7 Å². The van der Waals surface area contributed by atoms with Crippen LogP contribution in [0.3, 0.4) is 0 Å². The van der Waals surface area contributed by atoms with Crippen molar-refractivity contribution < 1.29 is 13.6 Å². The first-order valence-electron chi connectivity index (χ1n) is 7.91. The molecule has 0 saturated carbocycles. The zero-order chi connectivity index (χ0) is 18.5. The molecule has 0 bridgehead atoms. The molecule has 26 heavy (non-hydrogen) atoms. The predicted molar refractivity (Wildman–Crippen MR) is 94.8 cm³/mol. The minimum absolute atomic E-state index is 0.00699. The van der Waals surface area contributed by atoms with Crippen molar-refractivity contribution in [3.8, 4) is 0 Å². The van der Waals surface area contributed by atoms with Gasteiger partial charge in [-0.15, -0.1) is 10.2 Å². The topological polar surface area (TPSA) is 66.9 Å². The third-order valence-corrected chi connectivity index (χ3v) is 3.81. The normalized spacial score (nSPS) is 10.4. The Morgan fingerprint density at radius 2 is 1.69 bits per heavy atom. The van der Waals surface area contributed by atoms with Crippen molar-refractivity contribution >= 4 is 17.5 Å². The second-order valence-corrected chi connectivity index (χ2v) is 5.67. The number of aryl methyl sites for hydroxylation is 1. The Morgan fingerprint density at radius 1 is 0.962 bits per heavy atom. The van der Waals surface area contributed by atoms with Crippen molar-refractivity contribution in [1.29, 1.82) is 0 Å². The second-order valence-electron chi connectivity index (χ2n) is 5.67. The van der Waals surface area contributed by atoms with Crippen LogP contribution in [0.25, 0.3) is 0 Å². The van der Waals surface area contributed by atoms with Gasteiger partial charge in [-0.2, -0.15) is 0 Å². The number of carbonyl (C=O) groups is 1. The van der Waals surface area contributed by atoms with Crippen molar-refractivity contribution in [2.45, 2.75) is 13.5 Å². The van der Waals surface area contributed by atoms with Crippen molar-refractivity contribution in [3.63, 3.8) is 0 Å². The fraction of sp³-hybridized carbons (Fsp3) is 0.105. The Kier molecular flexibility index (Phi) is 5.17. The van der Waals surface area contributed by atoms with Gasteiger partial charge < -0.3 is 10.6 Å². The Balaban J connectivity index is 1.61. The monoisotopic (exact) mass is 354 g/mol. The van der Waals surface area contributed by atoms with Gasteiger partial charge in [0.05, 0.1) is 0 Å². The van der Waals surface area contributed by atoms with E-state index in [4.69, 9.17) is 0 Å². The maximum absolute atomic E-state index is 13.2. The highest BCUT2D eigenvalue weighted by atomic mass is 19.2. The predicted octanol–water partition coefficient (Wildman–Crippen LogP) is 3.93. The Bertz CT molecular complexity index is 929. The summed E-state index contributed by atoms with van der Waals surface area (Å²) >= 11 is 0. The molecule has 0 aliphatic rings. The average Bonchev–Trinajstić information content (AvgIpc) is 2.64. The molecule has 0 fully saturated rings. The van der Waals surface area contributed by atoms with E-state index in [-0.39, 0.29) is 11.4 Å². The minimum Gasteiger partial charge on any atom is -0.364 e. The molecule has 3 aromatic rings. The van der Waals surface area contributed by atoms with Gasteiger partial charge in [0, 0.05) is 12.1 Å². The van der Waals surface area contributed by atoms with E-state index in [9.17, 15) is 13.6 Å². The molecule has 0 unspecified atom stereocenters. The largest absolute Gasteiger partial charge is 0.364 e. The summed E-state index contributed by atoms with van der Waals surface area (Å²) in [6, 6.07) is 14.2. The number of amides is 1. The van der Waals surface area contributed by atoms with Gasteiger partial charge in [-0.3, -0.25) is 4.79 Å². The van der Waals surface area contributed by atoms with Crippen LogP contribution in [0.2, 0.25) is 0 Å². The third kappa shape index (κ3) is 4.18. The van der Waals surface area contributed by atoms with Crippen LogP contribution in [-0.2, 0) is 6.54 Å². The van der Waals surface area contributed by atoms with Crippen LogP contribution >= 0.6 is 0 Å². The minimum atomic E-state index is -1.08. The van der Waals surface area contributed by atoms with Crippen molar-refractivity contribution in [2.24, 2.45) is 0 Å². The van der Waals surface area contributed by atoms with Crippen LogP contribution in [0.5, 0.6) is 0 Å². The number of aromatic nitrogens is 2. The van der Waals surface area contributed by atoms with Crippen LogP contribution in [0.4, 0.5) is 20.4 Å². The summed E-state index contributed by atoms with van der Waals surface area (Å²) in [4.78, 5) is 12.0. The maximum Gasteiger partial charge on any atom is 0.256 e. The number of rotatable bonds is 5. The van der Waals surface area contributed by atoms with Crippen LogP contribution in [0.15, 0.2) is 54.6 Å². The van der Waals surface area contributed by atoms with Crippen molar-refractivity contribution in [2.75, 3.05) is 10.6 Å². The van der Waals surface area contributed by atoms with Crippen LogP contribution in [0, 0.1) is 18.6 Å². The quantitative estimate of drug-likeness (QED) is 0.729. The fourth-order valence-corrected chi connectivity index (χ4v) is 2.31. The van der Waals surface area contributed by atoms with Gasteiger partial charge in [0.1, 0.15) is 5.82 Å². The number of anilines is 2. The lowest BCUT2D eigenvalue weighted by Gasteiger charge is -2.08. The highest BCUT2D eigenvalue weighted by Crippen LogP contribution is 2.13. The van der Waals surface area contributed by atoms with Gasteiger partial charge in [-0.1, -0.05) is 24.3 Å². The van der Waals surface area contributed by atoms with E-state index < -0.39 is 17.5 Å². The van der Waals surface area contributed by atoms with E-state index in [0.29, 0.717) is 12.4 Å². The van der Waals surface area contributed by atoms with E-state index in [1.807, 2.05) is 31.2 Å². The Morgan fingerprint density at radius 3 is 2.38 bits per heavy atom. The molecule has 0 atom stereocenters. The van der Waals surface area contributed by atoms with Crippen molar-refractivity contribution in [3.05, 3.63) is 82.9 Å². The summed E-state index contributed by atoms with van der Waals surface area (Å²) in [7, 11) is 0. The smallest absolute Gasteiger partial charge is 0.256 e. The standard InChI is InChI=1S/C19H16F2N4O/c1-12-4-2-3-5-14(12)11-22-17-8-9-18(25-24-17)23-19(26)13-6-7-15(20)16(21)10-13/h2-10H,11H2,1H3,(H,22,24)(H,23,25,26). The lowest BCUT2D eigenvalue weighted by molar-refractivity contribution is 0.102. The number of hydrogen-bond donors (Lipinski definition) is 2. The molecule has 2 aromatic carbocycles. The first-order valence-corrected chi connectivity index (χ1v) is 7.91. The molecule has 0 aliphatic carbocycles. The van der Waals surface area contributed by atoms with Gasteiger partial charge in [0.25, 0.3) is 5.91 Å². The summed E-state index contributed by atoms with van der Waals surface area (Å²) in [5.41, 5.74) is 2.31. The number of nitrogens with zero attached hydrogens (tertiary/aromatic N) is 2. The van der Waals surface area contributed by atoms with Gasteiger partial charge >= 0.3 is 0 Å². The lowest BCUT2D eigenvalue weighted by atomic mass is 10.1. The summed E-state index contributed by atoms with van der Waals surface area (Å²) in [6.45, 7) is 2.63. The lowest BCUT2D eigenvalue weighted by Crippen LogP contribution is -2.14. The Hall–Kier alpha value is -3.35. The molecule has 1 amide bonds. The highest BCUT2D eigenvalue weighted by molar-refractivity contribution is 6.03. The zero-order valence-corrected chi connectivity index (χ0v) is 14.0. The summed E-state index contributed by atoms with van der Waals surface area (Å²) < 4.78 is 26.1. The fourth-order valence-electron chi connectivity index (χ4n) is 2.31. The highest BCUT2D eigenvalue weighted by Gasteiger charge is 2.11. The molecule has 0 spiro atoms. The molecule has 7 heteroatoms. The molecule has 3 rings (SSSR count). The number of nitrogens with one attached hydrogen (secondary N) is 2. The molecule has 1 heterocycles. The van der Waals surface area contributed by atoms with Crippen LogP contribution < -0.4 is 10.6 Å². The van der Waals surface area contributed by atoms with Crippen molar-refractivity contribution in [1.82, 2.24) is 10.2 Å². The van der Waals surface area contributed by atoms with Gasteiger partial charge in [-0.05, 0) is 48.4 Å². The van der Waals surface area contributed by atoms with Crippen LogP contribution in [0.1, 0.15) is 21.5 Å². The third-order valence-electron chi connectivity index (χ3n) is 3.81. The molecule has 2 N–H and O–H groups in total. The number of benzene rings is 2. The van der Waals surface area contributed by atoms with Gasteiger partial charge in [-0.25, -0.2) is 8.78 Å². The molecule has 132 valence electrons. The number of carbonyl (C=O) groups excluding carboxylic acids is 1. The molecule has 0 saturated heterocycles. The molecular weight excluding hydrogens is 338 g/mol. The summed E-state index contributed by atoms with van der Waals surface area (Å²) in [6.07, 6.45) is 0. The van der Waals surface area contributed by atoms with E-state index in [1.54, 1.807) is 12.1 Å². The first kappa shape index (κ1) is 17.5. The molecule has 0 aliphatic heterocycles. The van der Waals surface area contributed by atoms with Crippen LogP contribution in [-0.4, -0.2) is 16.1 Å². The van der Waals surface area contributed by atoms with E-state index in [2.05, 4.69) is 20.8 Å².